The fraction of sp³-hybridized carbons (Fsp3) is 0.571. The topological polar surface area (TPSA) is 12.0 Å². The van der Waals surface area contributed by atoms with Crippen LogP contribution in [0.15, 0.2) is 24.3 Å². The first kappa shape index (κ1) is 12.3. The van der Waals surface area contributed by atoms with E-state index < -0.39 is 0 Å². The van der Waals surface area contributed by atoms with Crippen molar-refractivity contribution in [1.82, 2.24) is 5.32 Å². The summed E-state index contributed by atoms with van der Waals surface area (Å²) in [5.41, 5.74) is 3.03. The Bertz CT molecular complexity index is 292. The summed E-state index contributed by atoms with van der Waals surface area (Å²) in [5.74, 6) is 0. The van der Waals surface area contributed by atoms with Crippen LogP contribution in [0.5, 0.6) is 0 Å². The molecule has 0 spiro atoms. The summed E-state index contributed by atoms with van der Waals surface area (Å²) in [5, 5.41) is 3.56. The van der Waals surface area contributed by atoms with Crippen molar-refractivity contribution in [3.63, 3.8) is 0 Å². The molecule has 0 saturated heterocycles. The molecular formula is C14H23N. The molecule has 0 aromatic heterocycles. The van der Waals surface area contributed by atoms with Crippen LogP contribution in [0.2, 0.25) is 0 Å². The largest absolute Gasteiger partial charge is 0.310 e. The molecule has 1 aromatic rings. The van der Waals surface area contributed by atoms with Gasteiger partial charge < -0.3 is 5.32 Å². The van der Waals surface area contributed by atoms with E-state index in [1.165, 1.54) is 11.1 Å². The molecule has 0 radical (unpaired) electrons. The lowest BCUT2D eigenvalue weighted by Crippen LogP contribution is -2.29. The molecule has 1 atom stereocenters. The average molecular weight is 205 g/mol. The van der Waals surface area contributed by atoms with Gasteiger partial charge in [-0.05, 0) is 24.8 Å². The third kappa shape index (κ3) is 4.48. The van der Waals surface area contributed by atoms with Gasteiger partial charge in [-0.2, -0.15) is 0 Å². The van der Waals surface area contributed by atoms with Crippen LogP contribution in [0.4, 0.5) is 0 Å². The fourth-order valence-electron chi connectivity index (χ4n) is 1.43. The lowest BCUT2D eigenvalue weighted by atomic mass is 9.96. The summed E-state index contributed by atoms with van der Waals surface area (Å²) in [6, 6.07) is 9.19. The quantitative estimate of drug-likeness (QED) is 0.793. The predicted octanol–water partition coefficient (Wildman–Crippen LogP) is 3.69. The molecular weight excluding hydrogens is 182 g/mol. The molecule has 0 fully saturated rings. The summed E-state index contributed by atoms with van der Waals surface area (Å²) in [4.78, 5) is 0. The number of hydrogen-bond donors (Lipinski definition) is 1. The molecule has 15 heavy (non-hydrogen) atoms. The third-order valence-electron chi connectivity index (χ3n) is 2.52. The Morgan fingerprint density at radius 1 is 1.13 bits per heavy atom. The lowest BCUT2D eigenvalue weighted by Gasteiger charge is -2.23. The van der Waals surface area contributed by atoms with Crippen LogP contribution in [0.1, 0.15) is 44.9 Å². The van der Waals surface area contributed by atoms with Crippen LogP contribution in [0.25, 0.3) is 0 Å². The zero-order valence-corrected chi connectivity index (χ0v) is 10.6. The van der Waals surface area contributed by atoms with Crippen LogP contribution in [0, 0.1) is 12.3 Å². The maximum Gasteiger partial charge on any atom is 0.0292 e. The van der Waals surface area contributed by atoms with Crippen molar-refractivity contribution >= 4 is 0 Å². The highest BCUT2D eigenvalue weighted by Gasteiger charge is 2.12. The highest BCUT2D eigenvalue weighted by Crippen LogP contribution is 2.16. The van der Waals surface area contributed by atoms with Crippen molar-refractivity contribution in [3.8, 4) is 0 Å². The highest BCUT2D eigenvalue weighted by atomic mass is 14.9. The Kier molecular flexibility index (Phi) is 3.92. The second-order valence-electron chi connectivity index (χ2n) is 5.57. The van der Waals surface area contributed by atoms with Gasteiger partial charge in [0.25, 0.3) is 0 Å². The van der Waals surface area contributed by atoms with Gasteiger partial charge in [0.1, 0.15) is 0 Å². The van der Waals surface area contributed by atoms with E-state index in [9.17, 15) is 0 Å². The minimum absolute atomic E-state index is 0.346. The van der Waals surface area contributed by atoms with Crippen molar-refractivity contribution in [2.45, 2.75) is 40.7 Å². The van der Waals surface area contributed by atoms with E-state index in [1.54, 1.807) is 0 Å². The SMILES string of the molecule is Cc1ccc([C@H](C)NCC(C)(C)C)cc1. The standard InChI is InChI=1S/C14H23N/c1-11-6-8-13(9-7-11)12(2)15-10-14(3,4)5/h6-9,12,15H,10H2,1-5H3/t12-/m0/s1. The molecule has 0 amide bonds. The Balaban J connectivity index is 2.54. The maximum atomic E-state index is 3.56. The van der Waals surface area contributed by atoms with E-state index in [4.69, 9.17) is 0 Å². The van der Waals surface area contributed by atoms with E-state index in [-0.39, 0.29) is 0 Å². The number of hydrogen-bond acceptors (Lipinski definition) is 1. The van der Waals surface area contributed by atoms with Gasteiger partial charge in [0.2, 0.25) is 0 Å². The van der Waals surface area contributed by atoms with Gasteiger partial charge in [0.05, 0.1) is 0 Å². The molecule has 1 N–H and O–H groups in total. The maximum absolute atomic E-state index is 3.56. The van der Waals surface area contributed by atoms with Crippen LogP contribution in [0.3, 0.4) is 0 Å². The van der Waals surface area contributed by atoms with Crippen LogP contribution >= 0.6 is 0 Å². The van der Waals surface area contributed by atoms with Crippen molar-refractivity contribution in [2.24, 2.45) is 5.41 Å². The van der Waals surface area contributed by atoms with Crippen molar-refractivity contribution in [2.75, 3.05) is 6.54 Å². The van der Waals surface area contributed by atoms with Gasteiger partial charge in [0.15, 0.2) is 0 Å². The van der Waals surface area contributed by atoms with Crippen LogP contribution in [-0.4, -0.2) is 6.54 Å². The van der Waals surface area contributed by atoms with Gasteiger partial charge in [-0.25, -0.2) is 0 Å². The number of rotatable bonds is 3. The normalized spacial score (nSPS) is 13.9. The monoisotopic (exact) mass is 205 g/mol. The fourth-order valence-corrected chi connectivity index (χ4v) is 1.43. The van der Waals surface area contributed by atoms with Crippen molar-refractivity contribution in [3.05, 3.63) is 35.4 Å². The molecule has 0 aliphatic rings. The Labute approximate surface area is 93.9 Å². The number of aryl methyl sites for hydroxylation is 1. The molecule has 0 aliphatic heterocycles. The molecule has 1 heteroatoms. The summed E-state index contributed by atoms with van der Waals surface area (Å²) in [7, 11) is 0. The summed E-state index contributed by atoms with van der Waals surface area (Å²) in [6.45, 7) is 12.1. The van der Waals surface area contributed by atoms with Crippen LogP contribution in [-0.2, 0) is 0 Å². The van der Waals surface area contributed by atoms with Gasteiger partial charge in [-0.15, -0.1) is 0 Å². The molecule has 84 valence electrons. The molecule has 0 saturated carbocycles. The molecule has 0 aliphatic carbocycles. The van der Waals surface area contributed by atoms with Gasteiger partial charge >= 0.3 is 0 Å². The number of nitrogens with one attached hydrogen (secondary N) is 1. The van der Waals surface area contributed by atoms with Gasteiger partial charge in [-0.3, -0.25) is 0 Å². The molecule has 1 rings (SSSR count). The Morgan fingerprint density at radius 2 is 1.67 bits per heavy atom. The molecule has 1 nitrogen and oxygen atoms in total. The van der Waals surface area contributed by atoms with E-state index in [1.807, 2.05) is 0 Å². The second-order valence-corrected chi connectivity index (χ2v) is 5.57. The van der Waals surface area contributed by atoms with Crippen LogP contribution < -0.4 is 5.32 Å². The predicted molar refractivity (Wildman–Crippen MR) is 67.1 cm³/mol. The summed E-state index contributed by atoms with van der Waals surface area (Å²) < 4.78 is 0. The van der Waals surface area contributed by atoms with Crippen molar-refractivity contribution < 1.29 is 0 Å². The minimum atomic E-state index is 0.346. The summed E-state index contributed by atoms with van der Waals surface area (Å²) >= 11 is 0. The third-order valence-corrected chi connectivity index (χ3v) is 2.52. The van der Waals surface area contributed by atoms with Gasteiger partial charge in [0, 0.05) is 12.6 Å². The first-order chi connectivity index (χ1) is 6.88. The molecule has 0 unspecified atom stereocenters. The molecule has 0 heterocycles. The smallest absolute Gasteiger partial charge is 0.0292 e. The zero-order chi connectivity index (χ0) is 11.5. The number of benzene rings is 1. The second kappa shape index (κ2) is 4.80. The first-order valence-electron chi connectivity index (χ1n) is 5.68. The van der Waals surface area contributed by atoms with E-state index in [0.29, 0.717) is 11.5 Å². The Hall–Kier alpha value is -0.820. The highest BCUT2D eigenvalue weighted by molar-refractivity contribution is 5.23. The first-order valence-corrected chi connectivity index (χ1v) is 5.68. The van der Waals surface area contributed by atoms with Gasteiger partial charge in [-0.1, -0.05) is 50.6 Å². The van der Waals surface area contributed by atoms with E-state index in [0.717, 1.165) is 6.54 Å². The van der Waals surface area contributed by atoms with Crippen molar-refractivity contribution in [1.29, 1.82) is 0 Å². The average Bonchev–Trinajstić information content (AvgIpc) is 2.14. The Morgan fingerprint density at radius 3 is 2.13 bits per heavy atom. The van der Waals surface area contributed by atoms with E-state index >= 15 is 0 Å². The molecule has 1 aromatic carbocycles. The zero-order valence-electron chi connectivity index (χ0n) is 10.6. The molecule has 0 bridgehead atoms. The van der Waals surface area contributed by atoms with E-state index in [2.05, 4.69) is 64.2 Å². The lowest BCUT2D eigenvalue weighted by molar-refractivity contribution is 0.359. The summed E-state index contributed by atoms with van der Waals surface area (Å²) in [6.07, 6.45) is 0. The minimum Gasteiger partial charge on any atom is -0.310 e.